The second kappa shape index (κ2) is 10.1. The molecule has 0 heterocycles. The van der Waals surface area contributed by atoms with Gasteiger partial charge in [0.05, 0.1) is 11.6 Å². The van der Waals surface area contributed by atoms with Gasteiger partial charge in [0.1, 0.15) is 5.82 Å². The lowest BCUT2D eigenvalue weighted by Gasteiger charge is -2.12. The lowest BCUT2D eigenvalue weighted by molar-refractivity contribution is 0.604. The number of halogens is 3. The van der Waals surface area contributed by atoms with Gasteiger partial charge in [-0.05, 0) is 35.9 Å². The number of rotatable bonds is 4. The minimum Gasteiger partial charge on any atom is -0.352 e. The van der Waals surface area contributed by atoms with Gasteiger partial charge in [0.2, 0.25) is 0 Å². The van der Waals surface area contributed by atoms with Crippen molar-refractivity contribution in [2.24, 2.45) is 4.99 Å². The lowest BCUT2D eigenvalue weighted by Crippen LogP contribution is -2.36. The van der Waals surface area contributed by atoms with Crippen LogP contribution in [-0.4, -0.2) is 13.0 Å². The van der Waals surface area contributed by atoms with Crippen LogP contribution in [0.2, 0.25) is 5.02 Å². The normalized spacial score (nSPS) is 10.5. The van der Waals surface area contributed by atoms with Crippen LogP contribution in [-0.2, 0) is 13.1 Å². The van der Waals surface area contributed by atoms with Gasteiger partial charge in [-0.25, -0.2) is 4.39 Å². The van der Waals surface area contributed by atoms with Gasteiger partial charge < -0.3 is 10.6 Å². The molecule has 4 nitrogen and oxygen atoms in total. The summed E-state index contributed by atoms with van der Waals surface area (Å²) in [5.41, 5.74) is 1.89. The Morgan fingerprint density at radius 3 is 2.46 bits per heavy atom. The predicted molar refractivity (Wildman–Crippen MR) is 105 cm³/mol. The van der Waals surface area contributed by atoms with Crippen LogP contribution in [0.15, 0.2) is 47.5 Å². The van der Waals surface area contributed by atoms with Crippen LogP contribution in [0.25, 0.3) is 0 Å². The number of aliphatic imine (C=N–C) groups is 1. The highest BCUT2D eigenvalue weighted by molar-refractivity contribution is 14.0. The molecule has 0 fully saturated rings. The van der Waals surface area contributed by atoms with Crippen molar-refractivity contribution in [2.75, 3.05) is 7.05 Å². The fourth-order valence-corrected chi connectivity index (χ4v) is 2.09. The molecule has 0 aliphatic rings. The third kappa shape index (κ3) is 5.98. The molecule has 0 bridgehead atoms. The van der Waals surface area contributed by atoms with Crippen molar-refractivity contribution in [3.8, 4) is 6.07 Å². The van der Waals surface area contributed by atoms with Crippen LogP contribution in [0.4, 0.5) is 4.39 Å². The van der Waals surface area contributed by atoms with Crippen molar-refractivity contribution >= 4 is 41.5 Å². The first kappa shape index (κ1) is 20.2. The zero-order chi connectivity index (χ0) is 16.7. The van der Waals surface area contributed by atoms with E-state index < -0.39 is 0 Å². The SMILES string of the molecule is CN=C(NCc1ccc(Cl)cc1)NCc1cc(C#N)ccc1F.I. The van der Waals surface area contributed by atoms with Crippen LogP contribution in [0, 0.1) is 17.1 Å². The summed E-state index contributed by atoms with van der Waals surface area (Å²) in [6, 6.07) is 13.7. The molecule has 0 spiro atoms. The summed E-state index contributed by atoms with van der Waals surface area (Å²) in [6.45, 7) is 0.805. The first-order valence-corrected chi connectivity index (χ1v) is 7.37. The van der Waals surface area contributed by atoms with Gasteiger partial charge in [-0.15, -0.1) is 24.0 Å². The van der Waals surface area contributed by atoms with Crippen molar-refractivity contribution < 1.29 is 4.39 Å². The quantitative estimate of drug-likeness (QED) is 0.416. The standard InChI is InChI=1S/C17H16ClFN4.HI/c1-21-17(22-10-12-2-5-15(18)6-3-12)23-11-14-8-13(9-20)4-7-16(14)19;/h2-8H,10-11H2,1H3,(H2,21,22,23);1H. The van der Waals surface area contributed by atoms with E-state index >= 15 is 0 Å². The van der Waals surface area contributed by atoms with E-state index in [0.29, 0.717) is 28.7 Å². The maximum atomic E-state index is 13.7. The zero-order valence-corrected chi connectivity index (χ0v) is 16.1. The van der Waals surface area contributed by atoms with Gasteiger partial charge in [-0.1, -0.05) is 23.7 Å². The molecule has 0 aliphatic heterocycles. The van der Waals surface area contributed by atoms with Crippen molar-refractivity contribution in [3.05, 3.63) is 70.0 Å². The molecule has 0 radical (unpaired) electrons. The number of nitriles is 1. The fraction of sp³-hybridized carbons (Fsp3) is 0.176. The molecule has 126 valence electrons. The Labute approximate surface area is 162 Å². The number of benzene rings is 2. The number of nitrogens with zero attached hydrogens (tertiary/aromatic N) is 2. The van der Waals surface area contributed by atoms with Crippen molar-refractivity contribution in [1.29, 1.82) is 5.26 Å². The van der Waals surface area contributed by atoms with Crippen molar-refractivity contribution in [3.63, 3.8) is 0 Å². The Morgan fingerprint density at radius 2 is 1.83 bits per heavy atom. The second-order valence-electron chi connectivity index (χ2n) is 4.82. The molecule has 2 aromatic rings. The van der Waals surface area contributed by atoms with Crippen molar-refractivity contribution in [2.45, 2.75) is 13.1 Å². The van der Waals surface area contributed by atoms with Gasteiger partial charge in [0, 0.05) is 30.7 Å². The lowest BCUT2D eigenvalue weighted by atomic mass is 10.1. The Kier molecular flexibility index (Phi) is 8.50. The molecule has 0 saturated carbocycles. The number of hydrogen-bond acceptors (Lipinski definition) is 2. The highest BCUT2D eigenvalue weighted by atomic mass is 127. The van der Waals surface area contributed by atoms with E-state index in [9.17, 15) is 4.39 Å². The van der Waals surface area contributed by atoms with E-state index in [1.165, 1.54) is 18.2 Å². The summed E-state index contributed by atoms with van der Waals surface area (Å²) in [5.74, 6) is 0.186. The molecular formula is C17H17ClFIN4. The number of nitrogens with one attached hydrogen (secondary N) is 2. The van der Waals surface area contributed by atoms with Crippen molar-refractivity contribution in [1.82, 2.24) is 10.6 Å². The van der Waals surface area contributed by atoms with E-state index in [2.05, 4.69) is 15.6 Å². The minimum absolute atomic E-state index is 0. The van der Waals surface area contributed by atoms with Crippen LogP contribution < -0.4 is 10.6 Å². The number of guanidine groups is 1. The first-order chi connectivity index (χ1) is 11.1. The van der Waals surface area contributed by atoms with Crippen LogP contribution in [0.3, 0.4) is 0 Å². The molecule has 2 rings (SSSR count). The molecule has 7 heteroatoms. The number of hydrogen-bond donors (Lipinski definition) is 2. The monoisotopic (exact) mass is 458 g/mol. The Morgan fingerprint density at radius 1 is 1.17 bits per heavy atom. The Bertz CT molecular complexity index is 741. The topological polar surface area (TPSA) is 60.2 Å². The zero-order valence-electron chi connectivity index (χ0n) is 13.0. The smallest absolute Gasteiger partial charge is 0.191 e. The van der Waals surface area contributed by atoms with E-state index in [1.54, 1.807) is 7.05 Å². The molecule has 0 aliphatic carbocycles. The average molecular weight is 459 g/mol. The van der Waals surface area contributed by atoms with Crippen LogP contribution in [0.1, 0.15) is 16.7 Å². The molecule has 0 saturated heterocycles. The molecule has 2 N–H and O–H groups in total. The predicted octanol–water partition coefficient (Wildman–Crippen LogP) is 3.83. The summed E-state index contributed by atoms with van der Waals surface area (Å²) in [7, 11) is 1.64. The maximum absolute atomic E-state index is 13.7. The third-order valence-electron chi connectivity index (χ3n) is 3.22. The Balaban J connectivity index is 0.00000288. The first-order valence-electron chi connectivity index (χ1n) is 7.00. The summed E-state index contributed by atoms with van der Waals surface area (Å²) in [4.78, 5) is 4.09. The van der Waals surface area contributed by atoms with Gasteiger partial charge in [-0.2, -0.15) is 5.26 Å². The molecule has 0 aromatic heterocycles. The molecule has 0 amide bonds. The van der Waals surface area contributed by atoms with Gasteiger partial charge in [0.15, 0.2) is 5.96 Å². The van der Waals surface area contributed by atoms with Gasteiger partial charge in [-0.3, -0.25) is 4.99 Å². The second-order valence-corrected chi connectivity index (χ2v) is 5.26. The molecule has 2 aromatic carbocycles. The van der Waals surface area contributed by atoms with E-state index in [1.807, 2.05) is 30.3 Å². The summed E-state index contributed by atoms with van der Waals surface area (Å²) in [5, 5.41) is 15.7. The van der Waals surface area contributed by atoms with Gasteiger partial charge in [0.25, 0.3) is 0 Å². The molecular weight excluding hydrogens is 442 g/mol. The highest BCUT2D eigenvalue weighted by Crippen LogP contribution is 2.10. The average Bonchev–Trinajstić information content (AvgIpc) is 2.58. The highest BCUT2D eigenvalue weighted by Gasteiger charge is 2.05. The summed E-state index contributed by atoms with van der Waals surface area (Å²) < 4.78 is 13.7. The van der Waals surface area contributed by atoms with Crippen LogP contribution in [0.5, 0.6) is 0 Å². The molecule has 0 atom stereocenters. The van der Waals surface area contributed by atoms with Gasteiger partial charge >= 0.3 is 0 Å². The van der Waals surface area contributed by atoms with E-state index in [0.717, 1.165) is 5.56 Å². The summed E-state index contributed by atoms with van der Waals surface area (Å²) in [6.07, 6.45) is 0. The summed E-state index contributed by atoms with van der Waals surface area (Å²) >= 11 is 5.84. The van der Waals surface area contributed by atoms with Crippen LogP contribution >= 0.6 is 35.6 Å². The molecule has 0 unspecified atom stereocenters. The third-order valence-corrected chi connectivity index (χ3v) is 3.47. The Hall–Kier alpha value is -1.85. The van der Waals surface area contributed by atoms with E-state index in [4.69, 9.17) is 16.9 Å². The minimum atomic E-state index is -0.357. The largest absolute Gasteiger partial charge is 0.352 e. The fourth-order valence-electron chi connectivity index (χ4n) is 1.97. The molecule has 24 heavy (non-hydrogen) atoms. The van der Waals surface area contributed by atoms with E-state index in [-0.39, 0.29) is 36.3 Å². The maximum Gasteiger partial charge on any atom is 0.191 e.